The number of ketones is 1. The molecule has 0 saturated heterocycles. The van der Waals surface area contributed by atoms with Gasteiger partial charge in [0.2, 0.25) is 0 Å². The predicted octanol–water partition coefficient (Wildman–Crippen LogP) is 4.02. The van der Waals surface area contributed by atoms with Gasteiger partial charge < -0.3 is 9.84 Å². The summed E-state index contributed by atoms with van der Waals surface area (Å²) < 4.78 is 6.21. The van der Waals surface area contributed by atoms with Gasteiger partial charge in [-0.1, -0.05) is 18.6 Å². The lowest BCUT2D eigenvalue weighted by molar-refractivity contribution is -0.188. The van der Waals surface area contributed by atoms with Crippen LogP contribution in [0, 0.1) is 40.9 Å². The van der Waals surface area contributed by atoms with Crippen molar-refractivity contribution in [1.29, 1.82) is 0 Å². The van der Waals surface area contributed by atoms with E-state index in [0.717, 1.165) is 49.4 Å². The molecular weight excluding hydrogens is 324 g/mol. The van der Waals surface area contributed by atoms with Gasteiger partial charge >= 0.3 is 0 Å². The molecule has 3 nitrogen and oxygen atoms in total. The first kappa shape index (κ1) is 16.1. The highest BCUT2D eigenvalue weighted by molar-refractivity contribution is 5.91. The van der Waals surface area contributed by atoms with Gasteiger partial charge in [0.1, 0.15) is 0 Å². The Bertz CT molecular complexity index is 723. The lowest BCUT2D eigenvalue weighted by Crippen LogP contribution is -2.54. The van der Waals surface area contributed by atoms with Crippen molar-refractivity contribution >= 4 is 5.78 Å². The number of ether oxygens (including phenoxy) is 1. The highest BCUT2D eigenvalue weighted by Gasteiger charge is 2.69. The second kappa shape index (κ2) is 5.11. The summed E-state index contributed by atoms with van der Waals surface area (Å²) in [5, 5.41) is 10.1. The Balaban J connectivity index is 1.39. The molecule has 6 rings (SSSR count). The van der Waals surface area contributed by atoms with Crippen molar-refractivity contribution < 1.29 is 14.6 Å². The van der Waals surface area contributed by atoms with Crippen molar-refractivity contribution in [2.24, 2.45) is 40.9 Å². The zero-order valence-electron chi connectivity index (χ0n) is 15.7. The molecule has 0 radical (unpaired) electrons. The van der Waals surface area contributed by atoms with Crippen molar-refractivity contribution in [1.82, 2.24) is 0 Å². The Kier molecular flexibility index (Phi) is 3.16. The predicted molar refractivity (Wildman–Crippen MR) is 98.0 cm³/mol. The molecule has 1 spiro atoms. The molecule has 4 unspecified atom stereocenters. The minimum Gasteiger partial charge on any atom is -0.365 e. The standard InChI is InChI=1S/C23H30O3/c1-2-22-8-5-15-14-4-3-13(24)11-16(14)17-12-18(17)21(15)19(22)6-9-23(22)10-7-20(25)26-23/h7,10-11,14-15,17-21,25H,2-6,8-9,12H2,1H3/t14-,15?,17+,18+,19?,20?,21?,22+,23-/m1/s1. The van der Waals surface area contributed by atoms with Crippen LogP contribution in [-0.4, -0.2) is 22.8 Å². The molecule has 3 heteroatoms. The number of hydrogen-bond donors (Lipinski definition) is 1. The largest absolute Gasteiger partial charge is 0.365 e. The minimum atomic E-state index is -0.714. The summed E-state index contributed by atoms with van der Waals surface area (Å²) >= 11 is 0. The topological polar surface area (TPSA) is 46.5 Å². The average Bonchev–Trinajstić information content (AvgIpc) is 3.27. The molecule has 140 valence electrons. The third-order valence-corrected chi connectivity index (χ3v) is 9.49. The van der Waals surface area contributed by atoms with Crippen LogP contribution in [0.5, 0.6) is 0 Å². The Labute approximate surface area is 155 Å². The van der Waals surface area contributed by atoms with Crippen LogP contribution in [0.4, 0.5) is 0 Å². The van der Waals surface area contributed by atoms with Gasteiger partial charge in [-0.25, -0.2) is 0 Å². The third-order valence-electron chi connectivity index (χ3n) is 9.49. The number of carbonyl (C=O) groups is 1. The third kappa shape index (κ3) is 1.80. The summed E-state index contributed by atoms with van der Waals surface area (Å²) in [7, 11) is 0. The lowest BCUT2D eigenvalue weighted by atomic mass is 9.49. The molecule has 4 saturated carbocycles. The molecule has 1 N–H and O–H groups in total. The van der Waals surface area contributed by atoms with E-state index in [4.69, 9.17) is 4.74 Å². The smallest absolute Gasteiger partial charge is 0.175 e. The van der Waals surface area contributed by atoms with Gasteiger partial charge in [0.15, 0.2) is 12.1 Å². The summed E-state index contributed by atoms with van der Waals surface area (Å²) in [4.78, 5) is 12.0. The van der Waals surface area contributed by atoms with Gasteiger partial charge in [-0.3, -0.25) is 4.79 Å². The van der Waals surface area contributed by atoms with Gasteiger partial charge in [0.05, 0.1) is 5.60 Å². The van der Waals surface area contributed by atoms with E-state index in [1.807, 2.05) is 12.2 Å². The van der Waals surface area contributed by atoms with Crippen molar-refractivity contribution in [3.05, 3.63) is 23.8 Å². The van der Waals surface area contributed by atoms with Gasteiger partial charge in [-0.15, -0.1) is 0 Å². The minimum absolute atomic E-state index is 0.209. The maximum atomic E-state index is 12.0. The molecule has 0 amide bonds. The lowest BCUT2D eigenvalue weighted by Gasteiger charge is -2.56. The summed E-state index contributed by atoms with van der Waals surface area (Å²) in [6.07, 6.45) is 14.6. The number of aliphatic hydroxyl groups is 1. The van der Waals surface area contributed by atoms with E-state index in [9.17, 15) is 9.90 Å². The van der Waals surface area contributed by atoms with Crippen LogP contribution >= 0.6 is 0 Å². The fourth-order valence-corrected chi connectivity index (χ4v) is 8.56. The van der Waals surface area contributed by atoms with Crippen molar-refractivity contribution in [2.45, 2.75) is 70.2 Å². The number of fused-ring (bicyclic) bond motifs is 9. The van der Waals surface area contributed by atoms with Gasteiger partial charge in [-0.2, -0.15) is 0 Å². The molecule has 0 aromatic rings. The normalized spacial score (nSPS) is 56.6. The van der Waals surface area contributed by atoms with Crippen LogP contribution in [0.1, 0.15) is 58.3 Å². The molecule has 0 aromatic heterocycles. The van der Waals surface area contributed by atoms with Crippen LogP contribution < -0.4 is 0 Å². The number of allylic oxidation sites excluding steroid dienone is 1. The Morgan fingerprint density at radius 1 is 1.19 bits per heavy atom. The fourth-order valence-electron chi connectivity index (χ4n) is 8.56. The molecule has 6 aliphatic rings. The molecule has 26 heavy (non-hydrogen) atoms. The number of hydrogen-bond acceptors (Lipinski definition) is 3. The number of aliphatic hydroxyl groups excluding tert-OH is 1. The maximum absolute atomic E-state index is 12.0. The molecule has 5 aliphatic carbocycles. The number of carbonyl (C=O) groups excluding carboxylic acids is 1. The summed E-state index contributed by atoms with van der Waals surface area (Å²) in [6.45, 7) is 2.35. The van der Waals surface area contributed by atoms with Crippen molar-refractivity contribution in [3.63, 3.8) is 0 Å². The summed E-state index contributed by atoms with van der Waals surface area (Å²) in [5.74, 6) is 4.91. The second-order valence-electron chi connectivity index (χ2n) is 9.95. The maximum Gasteiger partial charge on any atom is 0.175 e. The quantitative estimate of drug-likeness (QED) is 0.724. The summed E-state index contributed by atoms with van der Waals surface area (Å²) in [5.41, 5.74) is 1.53. The first-order chi connectivity index (χ1) is 12.6. The Morgan fingerprint density at radius 2 is 2.08 bits per heavy atom. The van der Waals surface area contributed by atoms with E-state index in [1.165, 1.54) is 31.3 Å². The van der Waals surface area contributed by atoms with E-state index in [2.05, 4.69) is 13.0 Å². The van der Waals surface area contributed by atoms with Crippen LogP contribution in [-0.2, 0) is 9.53 Å². The molecule has 4 fully saturated rings. The van der Waals surface area contributed by atoms with Crippen molar-refractivity contribution in [2.75, 3.05) is 0 Å². The highest BCUT2D eigenvalue weighted by atomic mass is 16.6. The molecule has 0 aromatic carbocycles. The SMILES string of the molecule is CC[C@]12CCC3C(C1CC[C@@]21C=CC(O)O1)[C@H]1C[C@H]1C1=CC(=O)CC[C@@H]13. The van der Waals surface area contributed by atoms with Crippen LogP contribution in [0.2, 0.25) is 0 Å². The molecule has 1 heterocycles. The molecule has 0 bridgehead atoms. The van der Waals surface area contributed by atoms with E-state index in [-0.39, 0.29) is 11.0 Å². The van der Waals surface area contributed by atoms with E-state index in [0.29, 0.717) is 17.6 Å². The van der Waals surface area contributed by atoms with Gasteiger partial charge in [0, 0.05) is 11.8 Å². The Hall–Kier alpha value is -0.930. The number of rotatable bonds is 1. The molecule has 9 atom stereocenters. The average molecular weight is 354 g/mol. The van der Waals surface area contributed by atoms with Gasteiger partial charge in [0.25, 0.3) is 0 Å². The van der Waals surface area contributed by atoms with E-state index >= 15 is 0 Å². The monoisotopic (exact) mass is 354 g/mol. The first-order valence-electron chi connectivity index (χ1n) is 10.9. The van der Waals surface area contributed by atoms with Crippen molar-refractivity contribution in [3.8, 4) is 0 Å². The molecule has 1 aliphatic heterocycles. The fraction of sp³-hybridized carbons (Fsp3) is 0.783. The zero-order valence-corrected chi connectivity index (χ0v) is 15.7. The van der Waals surface area contributed by atoms with Gasteiger partial charge in [-0.05, 0) is 92.6 Å². The van der Waals surface area contributed by atoms with Crippen LogP contribution in [0.3, 0.4) is 0 Å². The van der Waals surface area contributed by atoms with E-state index in [1.54, 1.807) is 0 Å². The van der Waals surface area contributed by atoms with Crippen LogP contribution in [0.25, 0.3) is 0 Å². The highest BCUT2D eigenvalue weighted by Crippen LogP contribution is 2.73. The first-order valence-corrected chi connectivity index (χ1v) is 10.9. The van der Waals surface area contributed by atoms with E-state index < -0.39 is 6.29 Å². The molecular formula is C23H30O3. The van der Waals surface area contributed by atoms with Crippen LogP contribution in [0.15, 0.2) is 23.8 Å². The Morgan fingerprint density at radius 3 is 2.85 bits per heavy atom. The second-order valence-corrected chi connectivity index (χ2v) is 9.95. The summed E-state index contributed by atoms with van der Waals surface area (Å²) in [6, 6.07) is 0. The zero-order chi connectivity index (χ0) is 17.7.